The van der Waals surface area contributed by atoms with Gasteiger partial charge in [-0.3, -0.25) is 39.2 Å². The number of amides is 4. The Bertz CT molecular complexity index is 2460. The minimum absolute atomic E-state index is 0.0619. The zero-order valence-electron chi connectivity index (χ0n) is 38.1. The molecule has 0 unspecified atom stereocenters. The average Bonchev–Trinajstić information content (AvgIpc) is 3.64. The van der Waals surface area contributed by atoms with E-state index in [9.17, 15) is 24.0 Å². The summed E-state index contributed by atoms with van der Waals surface area (Å²) in [4.78, 5) is 72.1. The monoisotopic (exact) mass is 1010 g/mol. The van der Waals surface area contributed by atoms with Crippen molar-refractivity contribution in [2.24, 2.45) is 0 Å². The first-order chi connectivity index (χ1) is 32.9. The van der Waals surface area contributed by atoms with Gasteiger partial charge in [-0.05, 0) is 38.8 Å². The molecule has 3 aromatic rings. The maximum absolute atomic E-state index is 14.3. The first-order valence-corrected chi connectivity index (χ1v) is 23.2. The molecule has 0 radical (unpaired) electrons. The number of halogens is 3. The molecule has 3 fully saturated rings. The van der Waals surface area contributed by atoms with E-state index in [4.69, 9.17) is 82.8 Å². The number of hydrogen-bond acceptors (Lipinski definition) is 15. The van der Waals surface area contributed by atoms with E-state index in [2.05, 4.69) is 0 Å². The third-order valence-electron chi connectivity index (χ3n) is 12.6. The van der Waals surface area contributed by atoms with Crippen LogP contribution in [0.5, 0.6) is 0 Å². The number of hydrogen-bond donors (Lipinski definition) is 1. The number of carbonyl (C=O) groups excluding carboxylic acids is 5. The Hall–Kier alpha value is -5.05. The molecule has 366 valence electrons. The number of carbonyl (C=O) groups is 5. The zero-order valence-corrected chi connectivity index (χ0v) is 40.4. The quantitative estimate of drug-likeness (QED) is 0.0631. The van der Waals surface area contributed by atoms with Gasteiger partial charge in [-0.1, -0.05) is 126 Å². The van der Waals surface area contributed by atoms with Crippen molar-refractivity contribution in [2.75, 3.05) is 13.2 Å². The second-order valence-corrected chi connectivity index (χ2v) is 19.4. The second-order valence-electron chi connectivity index (χ2n) is 17.1. The molecule has 11 atom stereocenters. The largest absolute Gasteiger partial charge is 0.457 e. The normalized spacial score (nSPS) is 29.7. The lowest BCUT2D eigenvalue weighted by molar-refractivity contribution is -0.373. The molecule has 5 aliphatic heterocycles. The summed E-state index contributed by atoms with van der Waals surface area (Å²) in [6, 6.07) is 24.0. The van der Waals surface area contributed by atoms with Crippen molar-refractivity contribution in [1.29, 1.82) is 5.41 Å². The molecule has 0 aliphatic carbocycles. The highest BCUT2D eigenvalue weighted by atomic mass is 35.6. The van der Waals surface area contributed by atoms with E-state index in [1.54, 1.807) is 48.5 Å². The zero-order chi connectivity index (χ0) is 49.3. The molecule has 5 heterocycles. The SMILES string of the molecule is CC(=O)O[C@H]1[C@@H]2O[C@H](c3ccccc3)OC[C@H]2O[C@@H](O[C@H]2[C@H](OCc3ccccc3)[C@@H](N3C(=O)C(C)=C(C)C3=O)[C@H](OC(=N)C(Cl)(Cl)Cl)O[C@@H]2COCc2ccccc2)[C@@H]1N1C(=O)C(C)=C(C)C1=O. The van der Waals surface area contributed by atoms with Gasteiger partial charge in [-0.2, -0.15) is 0 Å². The van der Waals surface area contributed by atoms with Gasteiger partial charge in [0.15, 0.2) is 18.7 Å². The number of nitrogens with one attached hydrogen (secondary N) is 1. The van der Waals surface area contributed by atoms with Gasteiger partial charge in [0, 0.05) is 34.8 Å². The van der Waals surface area contributed by atoms with Gasteiger partial charge in [-0.25, -0.2) is 0 Å². The van der Waals surface area contributed by atoms with Crippen LogP contribution in [0.4, 0.5) is 0 Å². The smallest absolute Gasteiger partial charge is 0.303 e. The molecule has 3 aromatic carbocycles. The van der Waals surface area contributed by atoms with E-state index in [1.807, 2.05) is 42.5 Å². The molecule has 17 nitrogen and oxygen atoms in total. The second kappa shape index (κ2) is 21.1. The van der Waals surface area contributed by atoms with Gasteiger partial charge in [-0.15, -0.1) is 0 Å². The summed E-state index contributed by atoms with van der Waals surface area (Å²) in [6.07, 6.45) is -12.3. The van der Waals surface area contributed by atoms with E-state index in [1.165, 1.54) is 34.6 Å². The van der Waals surface area contributed by atoms with Crippen LogP contribution in [0.15, 0.2) is 113 Å². The van der Waals surface area contributed by atoms with Crippen LogP contribution in [-0.4, -0.2) is 124 Å². The van der Waals surface area contributed by atoms with Crippen LogP contribution in [0.3, 0.4) is 0 Å². The Morgan fingerprint density at radius 2 is 1.17 bits per heavy atom. The maximum Gasteiger partial charge on any atom is 0.303 e. The lowest BCUT2D eigenvalue weighted by Crippen LogP contribution is -2.72. The van der Waals surface area contributed by atoms with Crippen molar-refractivity contribution in [2.45, 2.75) is 119 Å². The molecule has 5 aliphatic rings. The van der Waals surface area contributed by atoms with E-state index >= 15 is 0 Å². The van der Waals surface area contributed by atoms with Crippen LogP contribution in [0.25, 0.3) is 0 Å². The Labute approximate surface area is 412 Å². The summed E-state index contributed by atoms with van der Waals surface area (Å²) in [6.45, 7) is 6.61. The third kappa shape index (κ3) is 10.5. The summed E-state index contributed by atoms with van der Waals surface area (Å²) in [5, 5.41) is 8.66. The van der Waals surface area contributed by atoms with Gasteiger partial charge >= 0.3 is 5.97 Å². The molecular formula is C49H50Cl3N3O14. The Kier molecular flexibility index (Phi) is 15.4. The van der Waals surface area contributed by atoms with Crippen LogP contribution in [-0.2, 0) is 79.8 Å². The maximum atomic E-state index is 14.3. The predicted octanol–water partition coefficient (Wildman–Crippen LogP) is 6.18. The number of fused-ring (bicyclic) bond motifs is 1. The van der Waals surface area contributed by atoms with Crippen LogP contribution < -0.4 is 0 Å². The standard InChI is InChI=1S/C49H50Cl3N3O14/c1-25-26(2)42(58)54(41(25)57)35-39(62-22-31-17-11-7-12-18-31)37(33(23-61-21-30-15-9-6-10-16-30)65-47(35)69-48(53)49(50,51)52)68-46-36(55-43(59)27(3)28(4)44(55)60)40(64-29(5)56)38-34(66-46)24-63-45(67-38)32-19-13-8-14-20-32/h6-20,33-40,45-47,53H,21-24H2,1-5H3/t33-,34-,35-,36-,37-,38-,39-,40-,45-,46+,47+/m1/s1. The Balaban J connectivity index is 1.26. The summed E-state index contributed by atoms with van der Waals surface area (Å²) in [5.74, 6) is -4.55. The first-order valence-electron chi connectivity index (χ1n) is 22.1. The molecule has 0 saturated carbocycles. The fraction of sp³-hybridized carbons (Fsp3) is 0.429. The van der Waals surface area contributed by atoms with Crippen molar-refractivity contribution < 1.29 is 66.6 Å². The molecule has 3 saturated heterocycles. The van der Waals surface area contributed by atoms with E-state index in [0.717, 1.165) is 15.4 Å². The fourth-order valence-corrected chi connectivity index (χ4v) is 8.99. The molecule has 69 heavy (non-hydrogen) atoms. The molecule has 4 amide bonds. The van der Waals surface area contributed by atoms with Crippen molar-refractivity contribution in [1.82, 2.24) is 9.80 Å². The van der Waals surface area contributed by atoms with Gasteiger partial charge in [0.25, 0.3) is 27.4 Å². The van der Waals surface area contributed by atoms with Crippen LogP contribution in [0.2, 0.25) is 0 Å². The fourth-order valence-electron chi connectivity index (χ4n) is 8.86. The Morgan fingerprint density at radius 1 is 0.667 bits per heavy atom. The van der Waals surface area contributed by atoms with E-state index < -0.39 is 107 Å². The number of esters is 1. The summed E-state index contributed by atoms with van der Waals surface area (Å²) in [7, 11) is 0. The number of ether oxygens (including phenoxy) is 9. The number of rotatable bonds is 14. The highest BCUT2D eigenvalue weighted by Gasteiger charge is 2.62. The first kappa shape index (κ1) is 50.3. The Morgan fingerprint density at radius 3 is 1.70 bits per heavy atom. The predicted molar refractivity (Wildman–Crippen MR) is 246 cm³/mol. The third-order valence-corrected chi connectivity index (χ3v) is 13.2. The summed E-state index contributed by atoms with van der Waals surface area (Å²) < 4.78 is 55.8. The summed E-state index contributed by atoms with van der Waals surface area (Å²) in [5.41, 5.74) is 2.59. The number of benzene rings is 3. The van der Waals surface area contributed by atoms with Crippen LogP contribution in [0.1, 0.15) is 57.6 Å². The van der Waals surface area contributed by atoms with Crippen molar-refractivity contribution in [3.05, 3.63) is 130 Å². The van der Waals surface area contributed by atoms with Crippen LogP contribution >= 0.6 is 34.8 Å². The van der Waals surface area contributed by atoms with Gasteiger partial charge in [0.1, 0.15) is 42.6 Å². The molecule has 0 aromatic heterocycles. The summed E-state index contributed by atoms with van der Waals surface area (Å²) >= 11 is 18.5. The van der Waals surface area contributed by atoms with Crippen molar-refractivity contribution >= 4 is 70.3 Å². The molecule has 8 rings (SSSR count). The minimum Gasteiger partial charge on any atom is -0.457 e. The van der Waals surface area contributed by atoms with E-state index in [0.29, 0.717) is 11.1 Å². The molecular weight excluding hydrogens is 961 g/mol. The minimum atomic E-state index is -2.43. The highest BCUT2D eigenvalue weighted by Crippen LogP contribution is 2.43. The van der Waals surface area contributed by atoms with Gasteiger partial charge < -0.3 is 42.6 Å². The molecule has 0 spiro atoms. The van der Waals surface area contributed by atoms with E-state index in [-0.39, 0.29) is 48.7 Å². The lowest BCUT2D eigenvalue weighted by atomic mass is 9.92. The lowest BCUT2D eigenvalue weighted by Gasteiger charge is -2.53. The van der Waals surface area contributed by atoms with Crippen molar-refractivity contribution in [3.8, 4) is 0 Å². The number of nitrogens with zero attached hydrogens (tertiary/aromatic N) is 2. The molecule has 0 bridgehead atoms. The highest BCUT2D eigenvalue weighted by molar-refractivity contribution is 6.76. The van der Waals surface area contributed by atoms with Gasteiger partial charge in [0.05, 0.1) is 26.4 Å². The topological polar surface area (TPSA) is 199 Å². The number of alkyl halides is 3. The number of imide groups is 2. The molecule has 20 heteroatoms. The average molecular weight is 1010 g/mol. The van der Waals surface area contributed by atoms with Gasteiger partial charge in [0.2, 0.25) is 12.2 Å². The van der Waals surface area contributed by atoms with Crippen LogP contribution in [0, 0.1) is 5.41 Å². The molecule has 1 N–H and O–H groups in total. The van der Waals surface area contributed by atoms with Crippen molar-refractivity contribution in [3.63, 3.8) is 0 Å².